The number of hydrogen-bond acceptors (Lipinski definition) is 1. The second-order valence-corrected chi connectivity index (χ2v) is 5.03. The van der Waals surface area contributed by atoms with Gasteiger partial charge in [-0.15, -0.1) is 0 Å². The maximum Gasteiger partial charge on any atom is 0.140 e. The largest absolute Gasteiger partial charge is 0.299 e. The van der Waals surface area contributed by atoms with Gasteiger partial charge in [0.1, 0.15) is 5.78 Å². The van der Waals surface area contributed by atoms with E-state index >= 15 is 0 Å². The van der Waals surface area contributed by atoms with Gasteiger partial charge in [-0.25, -0.2) is 0 Å². The summed E-state index contributed by atoms with van der Waals surface area (Å²) in [7, 11) is 0. The number of halogens is 2. The highest BCUT2D eigenvalue weighted by Gasteiger charge is 2.48. The van der Waals surface area contributed by atoms with E-state index in [1.165, 1.54) is 0 Å². The molecule has 1 aliphatic carbocycles. The second kappa shape index (κ2) is 3.35. The number of hydrogen-bond donors (Lipinski definition) is 0. The fraction of sp³-hybridized carbons (Fsp3) is 0.364. The lowest BCUT2D eigenvalue weighted by Gasteiger charge is -2.12. The molecule has 0 amide bonds. The number of benzene rings is 1. The average Bonchev–Trinajstić information content (AvgIpc) is 2.90. The number of ketones is 1. The molecule has 0 radical (unpaired) electrons. The Morgan fingerprint density at radius 1 is 1.50 bits per heavy atom. The number of Topliss-reactive ketones (excluding diaryl/α,β-unsaturated/α-hetero) is 1. The van der Waals surface area contributed by atoms with E-state index in [2.05, 4.69) is 15.9 Å². The van der Waals surface area contributed by atoms with Gasteiger partial charge < -0.3 is 0 Å². The first kappa shape index (κ1) is 10.2. The van der Waals surface area contributed by atoms with E-state index in [1.807, 2.05) is 18.2 Å². The Labute approximate surface area is 96.6 Å². The molecule has 2 rings (SSSR count). The summed E-state index contributed by atoms with van der Waals surface area (Å²) < 4.78 is 0.877. The highest BCUT2D eigenvalue weighted by atomic mass is 79.9. The first-order chi connectivity index (χ1) is 6.56. The summed E-state index contributed by atoms with van der Waals surface area (Å²) in [6, 6.07) is 5.77. The lowest BCUT2D eigenvalue weighted by Crippen LogP contribution is -2.16. The lowest BCUT2D eigenvalue weighted by molar-refractivity contribution is -0.119. The second-order valence-electron chi connectivity index (χ2n) is 3.77. The summed E-state index contributed by atoms with van der Waals surface area (Å²) in [6.07, 6.45) is 1.92. The Morgan fingerprint density at radius 3 is 2.57 bits per heavy atom. The van der Waals surface area contributed by atoms with Gasteiger partial charge in [-0.05, 0) is 53.4 Å². The van der Waals surface area contributed by atoms with Gasteiger partial charge in [-0.2, -0.15) is 0 Å². The zero-order chi connectivity index (χ0) is 10.3. The van der Waals surface area contributed by atoms with Gasteiger partial charge in [0.25, 0.3) is 0 Å². The minimum atomic E-state index is -0.218. The zero-order valence-electron chi connectivity index (χ0n) is 7.81. The van der Waals surface area contributed by atoms with E-state index in [-0.39, 0.29) is 11.2 Å². The van der Waals surface area contributed by atoms with Crippen molar-refractivity contribution in [2.75, 3.05) is 0 Å². The Hall–Kier alpha value is -0.340. The molecule has 3 heteroatoms. The third kappa shape index (κ3) is 1.51. The van der Waals surface area contributed by atoms with Crippen LogP contribution in [0.15, 0.2) is 22.7 Å². The molecule has 74 valence electrons. The molecule has 1 aliphatic rings. The monoisotopic (exact) mass is 272 g/mol. The molecule has 0 spiro atoms. The van der Waals surface area contributed by atoms with Crippen LogP contribution < -0.4 is 0 Å². The van der Waals surface area contributed by atoms with Crippen LogP contribution in [0.1, 0.15) is 25.3 Å². The average molecular weight is 274 g/mol. The number of carbonyl (C=O) groups excluding carboxylic acids is 1. The number of rotatable bonds is 2. The van der Waals surface area contributed by atoms with Crippen molar-refractivity contribution < 1.29 is 4.79 Å². The standard InChI is InChI=1S/C11H10BrClO/c1-7(14)11(4-5-11)8-2-3-9(12)10(13)6-8/h2-3,6H,4-5H2,1H3. The SMILES string of the molecule is CC(=O)C1(c2ccc(Br)c(Cl)c2)CC1. The fourth-order valence-corrected chi connectivity index (χ4v) is 2.19. The van der Waals surface area contributed by atoms with E-state index in [9.17, 15) is 4.79 Å². The number of carbonyl (C=O) groups is 1. The molecule has 1 nitrogen and oxygen atoms in total. The lowest BCUT2D eigenvalue weighted by atomic mass is 9.92. The zero-order valence-corrected chi connectivity index (χ0v) is 10.2. The molecule has 0 aliphatic heterocycles. The molecule has 0 unspecified atom stereocenters. The molecule has 1 fully saturated rings. The van der Waals surface area contributed by atoms with E-state index in [4.69, 9.17) is 11.6 Å². The van der Waals surface area contributed by atoms with Crippen LogP contribution in [0, 0.1) is 0 Å². The highest BCUT2D eigenvalue weighted by molar-refractivity contribution is 9.10. The Kier molecular flexibility index (Phi) is 2.44. The molecule has 0 heterocycles. The fourth-order valence-electron chi connectivity index (χ4n) is 1.76. The van der Waals surface area contributed by atoms with Crippen molar-refractivity contribution in [3.05, 3.63) is 33.3 Å². The van der Waals surface area contributed by atoms with Gasteiger partial charge in [-0.1, -0.05) is 17.7 Å². The quantitative estimate of drug-likeness (QED) is 0.802. The van der Waals surface area contributed by atoms with Gasteiger partial charge in [-0.3, -0.25) is 4.79 Å². The van der Waals surface area contributed by atoms with E-state index in [0.29, 0.717) is 5.02 Å². The molecule has 1 aromatic rings. The van der Waals surface area contributed by atoms with Crippen molar-refractivity contribution in [2.24, 2.45) is 0 Å². The van der Waals surface area contributed by atoms with Crippen LogP contribution in [0.3, 0.4) is 0 Å². The summed E-state index contributed by atoms with van der Waals surface area (Å²) in [4.78, 5) is 11.5. The van der Waals surface area contributed by atoms with E-state index < -0.39 is 0 Å². The minimum Gasteiger partial charge on any atom is -0.299 e. The summed E-state index contributed by atoms with van der Waals surface area (Å²) in [5.74, 6) is 0.246. The Morgan fingerprint density at radius 2 is 2.14 bits per heavy atom. The predicted octanol–water partition coefficient (Wildman–Crippen LogP) is 3.72. The Bertz CT molecular complexity index is 396. The molecule has 1 saturated carbocycles. The molecule has 0 atom stereocenters. The van der Waals surface area contributed by atoms with E-state index in [1.54, 1.807) is 6.92 Å². The van der Waals surface area contributed by atoms with Crippen LogP contribution in [-0.2, 0) is 10.2 Å². The van der Waals surface area contributed by atoms with Gasteiger partial charge in [0.05, 0.1) is 10.4 Å². The predicted molar refractivity (Wildman–Crippen MR) is 60.7 cm³/mol. The van der Waals surface area contributed by atoms with Crippen LogP contribution in [0.2, 0.25) is 5.02 Å². The van der Waals surface area contributed by atoms with Crippen molar-refractivity contribution in [3.63, 3.8) is 0 Å². The molecular formula is C11H10BrClO. The maximum atomic E-state index is 11.5. The van der Waals surface area contributed by atoms with Gasteiger partial charge in [0.15, 0.2) is 0 Å². The van der Waals surface area contributed by atoms with Gasteiger partial charge in [0.2, 0.25) is 0 Å². The molecule has 0 saturated heterocycles. The van der Waals surface area contributed by atoms with Crippen molar-refractivity contribution in [1.29, 1.82) is 0 Å². The minimum absolute atomic E-state index is 0.218. The summed E-state index contributed by atoms with van der Waals surface area (Å²) >= 11 is 9.33. The van der Waals surface area contributed by atoms with Crippen molar-refractivity contribution in [2.45, 2.75) is 25.2 Å². The molecular weight excluding hydrogens is 263 g/mol. The Balaban J connectivity index is 2.43. The normalized spacial score (nSPS) is 17.9. The van der Waals surface area contributed by atoms with Crippen LogP contribution in [-0.4, -0.2) is 5.78 Å². The first-order valence-electron chi connectivity index (χ1n) is 4.53. The van der Waals surface area contributed by atoms with E-state index in [0.717, 1.165) is 22.9 Å². The third-order valence-corrected chi connectivity index (χ3v) is 4.13. The molecule has 0 bridgehead atoms. The molecule has 14 heavy (non-hydrogen) atoms. The molecule has 0 N–H and O–H groups in total. The van der Waals surface area contributed by atoms with Crippen molar-refractivity contribution in [1.82, 2.24) is 0 Å². The molecule has 0 aromatic heterocycles. The topological polar surface area (TPSA) is 17.1 Å². The first-order valence-corrected chi connectivity index (χ1v) is 5.70. The smallest absolute Gasteiger partial charge is 0.140 e. The maximum absolute atomic E-state index is 11.5. The summed E-state index contributed by atoms with van der Waals surface area (Å²) in [5.41, 5.74) is 0.836. The van der Waals surface area contributed by atoms with Gasteiger partial charge >= 0.3 is 0 Å². The summed E-state index contributed by atoms with van der Waals surface area (Å²) in [6.45, 7) is 1.66. The van der Waals surface area contributed by atoms with Crippen LogP contribution in [0.25, 0.3) is 0 Å². The van der Waals surface area contributed by atoms with Gasteiger partial charge in [0, 0.05) is 4.47 Å². The highest BCUT2D eigenvalue weighted by Crippen LogP contribution is 2.49. The van der Waals surface area contributed by atoms with Crippen molar-refractivity contribution in [3.8, 4) is 0 Å². The molecule has 1 aromatic carbocycles. The van der Waals surface area contributed by atoms with Crippen LogP contribution in [0.4, 0.5) is 0 Å². The summed E-state index contributed by atoms with van der Waals surface area (Å²) in [5, 5.41) is 0.676. The third-order valence-electron chi connectivity index (χ3n) is 2.90. The van der Waals surface area contributed by atoms with Crippen LogP contribution in [0.5, 0.6) is 0 Å². The van der Waals surface area contributed by atoms with Crippen LogP contribution >= 0.6 is 27.5 Å². The van der Waals surface area contributed by atoms with Crippen molar-refractivity contribution >= 4 is 33.3 Å².